The van der Waals surface area contributed by atoms with Crippen molar-refractivity contribution in [3.63, 3.8) is 0 Å². The topological polar surface area (TPSA) is 122 Å². The summed E-state index contributed by atoms with van der Waals surface area (Å²) in [7, 11) is 0. The molecule has 2 atom stereocenters. The molecule has 9 nitrogen and oxygen atoms in total. The number of piperidine rings is 1. The van der Waals surface area contributed by atoms with Gasteiger partial charge in [0.1, 0.15) is 6.04 Å². The number of hydrogen-bond acceptors (Lipinski definition) is 6. The molecular formula is C25H26N3O6Tl. The molecule has 0 saturated carbocycles. The van der Waals surface area contributed by atoms with Crippen molar-refractivity contribution in [3.8, 4) is 0 Å². The molecule has 3 aliphatic rings. The Morgan fingerprint density at radius 2 is 2.00 bits per heavy atom. The standard InChI is InChI=1S/C25H26N3O6.Tl/c1-25(34-13-4-2-3-12-26-15-29)11-10-16-6-5-7-17-21(16)18(14-25)24(33)28(23(17)32)19-8-9-20(30)27-22(19)31;/h5-7,10-11,14,19H,2-4,8-9,12-13H2,1H3,(H,26,29)(H,27,30,31);. The number of unbranched alkanes of at least 4 members (excludes halogenated alkanes) is 2. The van der Waals surface area contributed by atoms with Crippen LogP contribution in [0.1, 0.15) is 60.5 Å². The number of rotatable bonds is 8. The van der Waals surface area contributed by atoms with Crippen LogP contribution in [0.15, 0.2) is 30.4 Å². The van der Waals surface area contributed by atoms with E-state index in [4.69, 9.17) is 4.74 Å². The zero-order chi connectivity index (χ0) is 25.2. The van der Waals surface area contributed by atoms with Crippen molar-refractivity contribution in [2.75, 3.05) is 13.2 Å². The summed E-state index contributed by atoms with van der Waals surface area (Å²) < 4.78 is 6.29. The average Bonchev–Trinajstić information content (AvgIpc) is 2.96. The van der Waals surface area contributed by atoms with E-state index in [9.17, 15) is 24.0 Å². The second kappa shape index (κ2) is 10.5. The van der Waals surface area contributed by atoms with Crippen LogP contribution < -0.4 is 10.6 Å². The van der Waals surface area contributed by atoms with Crippen molar-refractivity contribution >= 4 is 64.5 Å². The fourth-order valence-electron chi connectivity index (χ4n) is 4.58. The Hall–Kier alpha value is -2.67. The van der Waals surface area contributed by atoms with Crippen LogP contribution in [0.25, 0.3) is 11.6 Å². The summed E-state index contributed by atoms with van der Waals surface area (Å²) in [5.41, 5.74) is 1.01. The average molecular weight is 669 g/mol. The van der Waals surface area contributed by atoms with Crippen LogP contribution >= 0.6 is 0 Å². The number of carbonyl (C=O) groups excluding carboxylic acids is 5. The molecule has 2 heterocycles. The monoisotopic (exact) mass is 669 g/mol. The third kappa shape index (κ3) is 5.45. The van der Waals surface area contributed by atoms with Crippen LogP contribution in [0.3, 0.4) is 0 Å². The SMILES string of the molecule is CC1(OCCCCCN[C](=O)[Tl])C=Cc2cccc3c2C(=C1)C(=O)N(C1CCC(=O)NC1=O)C3=O. The molecule has 2 N–H and O–H groups in total. The summed E-state index contributed by atoms with van der Waals surface area (Å²) >= 11 is 0.298. The van der Waals surface area contributed by atoms with Gasteiger partial charge in [-0.05, 0) is 12.5 Å². The quantitative estimate of drug-likeness (QED) is 0.247. The van der Waals surface area contributed by atoms with Gasteiger partial charge in [0.2, 0.25) is 11.8 Å². The van der Waals surface area contributed by atoms with E-state index in [0.29, 0.717) is 55.6 Å². The van der Waals surface area contributed by atoms with Gasteiger partial charge in [-0.25, -0.2) is 0 Å². The van der Waals surface area contributed by atoms with E-state index in [1.54, 1.807) is 18.2 Å². The maximum atomic E-state index is 13.6. The van der Waals surface area contributed by atoms with Crippen LogP contribution in [0.2, 0.25) is 0 Å². The first-order valence-corrected chi connectivity index (χ1v) is 13.9. The van der Waals surface area contributed by atoms with Crippen molar-refractivity contribution in [2.45, 2.75) is 50.7 Å². The Bertz CT molecular complexity index is 1160. The minimum atomic E-state index is -1.04. The van der Waals surface area contributed by atoms with Crippen molar-refractivity contribution in [1.29, 1.82) is 0 Å². The molecule has 0 spiro atoms. The third-order valence-electron chi connectivity index (χ3n) is 6.34. The van der Waals surface area contributed by atoms with Gasteiger partial charge in [0, 0.05) is 12.0 Å². The van der Waals surface area contributed by atoms with E-state index in [1.807, 2.05) is 25.1 Å². The molecule has 1 fully saturated rings. The molecule has 180 valence electrons. The van der Waals surface area contributed by atoms with E-state index in [2.05, 4.69) is 10.6 Å². The molecule has 4 rings (SSSR count). The minimum Gasteiger partial charge on any atom is -0.295 e. The van der Waals surface area contributed by atoms with Gasteiger partial charge in [-0.3, -0.25) is 29.4 Å². The molecule has 2 unspecified atom stereocenters. The van der Waals surface area contributed by atoms with Crippen molar-refractivity contribution in [2.24, 2.45) is 0 Å². The molecule has 1 aromatic carbocycles. The number of ether oxygens (including phenoxy) is 1. The smallest absolute Gasteiger partial charge is 0.295 e. The van der Waals surface area contributed by atoms with Crippen LogP contribution in [-0.4, -0.2) is 82.6 Å². The predicted octanol–water partition coefficient (Wildman–Crippen LogP) is 1.71. The molecule has 2 aliphatic heterocycles. The van der Waals surface area contributed by atoms with Crippen LogP contribution in [0, 0.1) is 0 Å². The molecule has 0 aromatic heterocycles. The number of carbonyl (C=O) groups is 5. The Labute approximate surface area is 219 Å². The molecule has 0 bridgehead atoms. The van der Waals surface area contributed by atoms with E-state index < -0.39 is 35.3 Å². The third-order valence-corrected chi connectivity index (χ3v) is 7.14. The first kappa shape index (κ1) is 25.4. The molecule has 10 heteroatoms. The molecule has 35 heavy (non-hydrogen) atoms. The molecule has 1 saturated heterocycles. The molecule has 1 aromatic rings. The summed E-state index contributed by atoms with van der Waals surface area (Å²) in [6.07, 6.45) is 8.14. The number of hydrogen-bond donors (Lipinski definition) is 2. The Kier molecular flexibility index (Phi) is 7.65. The Balaban J connectivity index is 1.57. The van der Waals surface area contributed by atoms with Gasteiger partial charge in [0.25, 0.3) is 5.91 Å². The molecule has 1 aliphatic carbocycles. The zero-order valence-corrected chi connectivity index (χ0v) is 24.0. The first-order valence-electron chi connectivity index (χ1n) is 11.6. The number of nitrogens with zero attached hydrogens (tertiary/aromatic N) is 1. The van der Waals surface area contributed by atoms with E-state index >= 15 is 0 Å². The number of nitrogens with one attached hydrogen (secondary N) is 2. The number of imide groups is 2. The number of benzene rings is 1. The van der Waals surface area contributed by atoms with Crippen LogP contribution in [0.4, 0.5) is 4.79 Å². The van der Waals surface area contributed by atoms with Crippen LogP contribution in [-0.2, 0) is 19.1 Å². The fourth-order valence-corrected chi connectivity index (χ4v) is 5.14. The van der Waals surface area contributed by atoms with Gasteiger partial charge in [-0.15, -0.1) is 0 Å². The van der Waals surface area contributed by atoms with Crippen molar-refractivity contribution in [1.82, 2.24) is 15.5 Å². The summed E-state index contributed by atoms with van der Waals surface area (Å²) in [6.45, 7) is 2.96. The minimum absolute atomic E-state index is 0.0616. The maximum absolute atomic E-state index is 13.6. The van der Waals surface area contributed by atoms with Gasteiger partial charge >= 0.3 is 130 Å². The predicted molar refractivity (Wildman–Crippen MR) is 128 cm³/mol. The van der Waals surface area contributed by atoms with Crippen molar-refractivity contribution in [3.05, 3.63) is 47.0 Å². The number of amides is 5. The molecular weight excluding hydrogens is 643 g/mol. The normalized spacial score (nSPS) is 23.4. The van der Waals surface area contributed by atoms with Gasteiger partial charge in [0.05, 0.1) is 0 Å². The summed E-state index contributed by atoms with van der Waals surface area (Å²) in [6, 6.07) is 4.19. The van der Waals surface area contributed by atoms with Crippen molar-refractivity contribution < 1.29 is 28.7 Å². The Morgan fingerprint density at radius 1 is 1.20 bits per heavy atom. The van der Waals surface area contributed by atoms with E-state index in [1.165, 1.54) is 0 Å². The van der Waals surface area contributed by atoms with Crippen LogP contribution in [0.5, 0.6) is 0 Å². The second-order valence-electron chi connectivity index (χ2n) is 8.99. The van der Waals surface area contributed by atoms with E-state index in [0.717, 1.165) is 29.7 Å². The van der Waals surface area contributed by atoms with Gasteiger partial charge in [-0.1, -0.05) is 12.1 Å². The van der Waals surface area contributed by atoms with Gasteiger partial charge < -0.3 is 0 Å². The summed E-state index contributed by atoms with van der Waals surface area (Å²) in [5.74, 6) is -2.17. The fraction of sp³-hybridized carbons (Fsp3) is 0.400. The first-order chi connectivity index (χ1) is 16.7. The Morgan fingerprint density at radius 3 is 2.74 bits per heavy atom. The summed E-state index contributed by atoms with van der Waals surface area (Å²) in [4.78, 5) is 63.1. The zero-order valence-electron chi connectivity index (χ0n) is 19.5. The van der Waals surface area contributed by atoms with Gasteiger partial charge in [-0.2, -0.15) is 0 Å². The summed E-state index contributed by atoms with van der Waals surface area (Å²) in [5, 5.41) is 5.07. The van der Waals surface area contributed by atoms with E-state index in [-0.39, 0.29) is 16.3 Å². The second-order valence-corrected chi connectivity index (χ2v) is 11.0. The van der Waals surface area contributed by atoms with Gasteiger partial charge in [0.15, 0.2) is 0 Å². The molecule has 0 radical (unpaired) electrons. The molecule has 5 amide bonds.